The van der Waals surface area contributed by atoms with Crippen LogP contribution in [0.3, 0.4) is 0 Å². The summed E-state index contributed by atoms with van der Waals surface area (Å²) in [6, 6.07) is -0.813. The standard InChI is InChI=1S/C8H18N2O3/c1-2-13-5-3-4-10-8(12)7(9)6-11/h7,11H,2-6,9H2,1H3,(H,10,12). The zero-order valence-corrected chi connectivity index (χ0v) is 7.95. The second kappa shape index (κ2) is 7.97. The monoisotopic (exact) mass is 190 g/mol. The number of nitrogens with one attached hydrogen (secondary N) is 1. The summed E-state index contributed by atoms with van der Waals surface area (Å²) in [5.74, 6) is -0.320. The molecule has 0 saturated carbocycles. The number of hydrogen-bond acceptors (Lipinski definition) is 4. The lowest BCUT2D eigenvalue weighted by Crippen LogP contribution is -2.43. The van der Waals surface area contributed by atoms with Crippen molar-refractivity contribution in [2.45, 2.75) is 19.4 Å². The molecule has 0 rings (SSSR count). The first-order valence-corrected chi connectivity index (χ1v) is 4.44. The highest BCUT2D eigenvalue weighted by molar-refractivity contribution is 5.81. The van der Waals surface area contributed by atoms with Crippen LogP contribution in [0.25, 0.3) is 0 Å². The number of carbonyl (C=O) groups excluding carboxylic acids is 1. The predicted octanol–water partition coefficient (Wildman–Crippen LogP) is -1.15. The summed E-state index contributed by atoms with van der Waals surface area (Å²) in [5, 5.41) is 11.1. The molecule has 5 nitrogen and oxygen atoms in total. The molecule has 1 unspecified atom stereocenters. The van der Waals surface area contributed by atoms with Gasteiger partial charge >= 0.3 is 0 Å². The molecule has 0 radical (unpaired) electrons. The minimum atomic E-state index is -0.813. The molecule has 0 aromatic carbocycles. The molecule has 13 heavy (non-hydrogen) atoms. The van der Waals surface area contributed by atoms with E-state index in [9.17, 15) is 4.79 Å². The predicted molar refractivity (Wildman–Crippen MR) is 49.2 cm³/mol. The second-order valence-corrected chi connectivity index (χ2v) is 2.63. The van der Waals surface area contributed by atoms with Crippen molar-refractivity contribution in [2.75, 3.05) is 26.4 Å². The van der Waals surface area contributed by atoms with Gasteiger partial charge in [-0.2, -0.15) is 0 Å². The fourth-order valence-corrected chi connectivity index (χ4v) is 0.744. The molecule has 0 spiro atoms. The van der Waals surface area contributed by atoms with Crippen LogP contribution in [0.15, 0.2) is 0 Å². The molecule has 78 valence electrons. The first-order valence-electron chi connectivity index (χ1n) is 4.44. The van der Waals surface area contributed by atoms with E-state index in [1.807, 2.05) is 6.92 Å². The molecular weight excluding hydrogens is 172 g/mol. The molecule has 0 aliphatic rings. The Morgan fingerprint density at radius 1 is 1.69 bits per heavy atom. The molecular formula is C8H18N2O3. The van der Waals surface area contributed by atoms with Gasteiger partial charge in [0.25, 0.3) is 0 Å². The van der Waals surface area contributed by atoms with Gasteiger partial charge in [-0.05, 0) is 13.3 Å². The Bertz CT molecular complexity index is 141. The van der Waals surface area contributed by atoms with E-state index in [1.165, 1.54) is 0 Å². The largest absolute Gasteiger partial charge is 0.394 e. The van der Waals surface area contributed by atoms with Crippen LogP contribution in [-0.2, 0) is 9.53 Å². The van der Waals surface area contributed by atoms with Gasteiger partial charge in [-0.3, -0.25) is 4.79 Å². The van der Waals surface area contributed by atoms with E-state index in [0.717, 1.165) is 6.42 Å². The zero-order valence-electron chi connectivity index (χ0n) is 7.95. The van der Waals surface area contributed by atoms with Gasteiger partial charge in [0.1, 0.15) is 6.04 Å². The Labute approximate surface area is 78.3 Å². The van der Waals surface area contributed by atoms with Gasteiger partial charge in [0.2, 0.25) is 5.91 Å². The van der Waals surface area contributed by atoms with Crippen LogP contribution in [0.5, 0.6) is 0 Å². The molecule has 1 atom stereocenters. The number of aliphatic hydroxyl groups excluding tert-OH is 1. The van der Waals surface area contributed by atoms with Crippen molar-refractivity contribution in [3.05, 3.63) is 0 Å². The van der Waals surface area contributed by atoms with Gasteiger partial charge in [-0.1, -0.05) is 0 Å². The average molecular weight is 190 g/mol. The van der Waals surface area contributed by atoms with E-state index in [1.54, 1.807) is 0 Å². The maximum Gasteiger partial charge on any atom is 0.239 e. The van der Waals surface area contributed by atoms with Crippen LogP contribution >= 0.6 is 0 Å². The molecule has 0 saturated heterocycles. The summed E-state index contributed by atoms with van der Waals surface area (Å²) in [5.41, 5.74) is 5.26. The van der Waals surface area contributed by atoms with Gasteiger partial charge < -0.3 is 20.9 Å². The van der Waals surface area contributed by atoms with Crippen LogP contribution in [0.4, 0.5) is 0 Å². The molecule has 4 N–H and O–H groups in total. The second-order valence-electron chi connectivity index (χ2n) is 2.63. The van der Waals surface area contributed by atoms with E-state index >= 15 is 0 Å². The Hall–Kier alpha value is -0.650. The number of amides is 1. The maximum absolute atomic E-state index is 11.0. The SMILES string of the molecule is CCOCCCNC(=O)C(N)CO. The molecule has 0 fully saturated rings. The molecule has 0 aliphatic heterocycles. The Kier molecular flexibility index (Phi) is 7.57. The van der Waals surface area contributed by atoms with Gasteiger partial charge in [0.15, 0.2) is 0 Å². The van der Waals surface area contributed by atoms with Gasteiger partial charge in [-0.25, -0.2) is 0 Å². The summed E-state index contributed by atoms with van der Waals surface area (Å²) in [7, 11) is 0. The van der Waals surface area contributed by atoms with Crippen molar-refractivity contribution in [1.29, 1.82) is 0 Å². The Balaban J connectivity index is 3.27. The molecule has 0 bridgehead atoms. The minimum Gasteiger partial charge on any atom is -0.394 e. The highest BCUT2D eigenvalue weighted by atomic mass is 16.5. The van der Waals surface area contributed by atoms with Crippen LogP contribution in [-0.4, -0.2) is 43.4 Å². The first-order chi connectivity index (χ1) is 6.22. The maximum atomic E-state index is 11.0. The third-order valence-corrected chi connectivity index (χ3v) is 1.50. The summed E-state index contributed by atoms with van der Waals surface area (Å²) < 4.78 is 5.07. The highest BCUT2D eigenvalue weighted by Crippen LogP contribution is 1.82. The van der Waals surface area contributed by atoms with Crippen molar-refractivity contribution >= 4 is 5.91 Å². The summed E-state index contributed by atoms with van der Waals surface area (Å²) in [6.45, 7) is 3.44. The van der Waals surface area contributed by atoms with Gasteiger partial charge in [0, 0.05) is 19.8 Å². The first kappa shape index (κ1) is 12.3. The molecule has 0 aliphatic carbocycles. The average Bonchev–Trinajstić information content (AvgIpc) is 2.16. The van der Waals surface area contributed by atoms with Crippen LogP contribution < -0.4 is 11.1 Å². The fourth-order valence-electron chi connectivity index (χ4n) is 0.744. The van der Waals surface area contributed by atoms with Crippen molar-refractivity contribution < 1.29 is 14.6 Å². The lowest BCUT2D eigenvalue weighted by atomic mass is 10.3. The van der Waals surface area contributed by atoms with E-state index in [0.29, 0.717) is 19.8 Å². The lowest BCUT2D eigenvalue weighted by Gasteiger charge is -2.08. The summed E-state index contributed by atoms with van der Waals surface area (Å²) in [4.78, 5) is 11.0. The molecule has 0 heterocycles. The van der Waals surface area contributed by atoms with E-state index in [-0.39, 0.29) is 12.5 Å². The Morgan fingerprint density at radius 2 is 2.38 bits per heavy atom. The number of ether oxygens (including phenoxy) is 1. The van der Waals surface area contributed by atoms with Crippen molar-refractivity contribution in [3.8, 4) is 0 Å². The third kappa shape index (κ3) is 6.51. The van der Waals surface area contributed by atoms with Crippen LogP contribution in [0.1, 0.15) is 13.3 Å². The fraction of sp³-hybridized carbons (Fsp3) is 0.875. The number of nitrogens with two attached hydrogens (primary N) is 1. The highest BCUT2D eigenvalue weighted by Gasteiger charge is 2.09. The van der Waals surface area contributed by atoms with Crippen molar-refractivity contribution in [3.63, 3.8) is 0 Å². The zero-order chi connectivity index (χ0) is 10.1. The Morgan fingerprint density at radius 3 is 2.92 bits per heavy atom. The number of carbonyl (C=O) groups is 1. The third-order valence-electron chi connectivity index (χ3n) is 1.50. The summed E-state index contributed by atoms with van der Waals surface area (Å²) >= 11 is 0. The normalized spacial score (nSPS) is 12.5. The van der Waals surface area contributed by atoms with E-state index in [4.69, 9.17) is 15.6 Å². The topological polar surface area (TPSA) is 84.6 Å². The number of aliphatic hydroxyl groups is 1. The molecule has 0 aromatic rings. The van der Waals surface area contributed by atoms with Gasteiger partial charge in [0.05, 0.1) is 6.61 Å². The van der Waals surface area contributed by atoms with Crippen molar-refractivity contribution in [1.82, 2.24) is 5.32 Å². The van der Waals surface area contributed by atoms with Crippen LogP contribution in [0, 0.1) is 0 Å². The van der Waals surface area contributed by atoms with Gasteiger partial charge in [-0.15, -0.1) is 0 Å². The van der Waals surface area contributed by atoms with Crippen LogP contribution in [0.2, 0.25) is 0 Å². The quantitative estimate of drug-likeness (QED) is 0.442. The van der Waals surface area contributed by atoms with E-state index in [2.05, 4.69) is 5.32 Å². The van der Waals surface area contributed by atoms with E-state index < -0.39 is 6.04 Å². The summed E-state index contributed by atoms with van der Waals surface area (Å²) in [6.07, 6.45) is 0.762. The minimum absolute atomic E-state index is 0.320. The molecule has 1 amide bonds. The number of hydrogen-bond donors (Lipinski definition) is 3. The lowest BCUT2D eigenvalue weighted by molar-refractivity contribution is -0.123. The number of rotatable bonds is 7. The molecule has 0 aromatic heterocycles. The smallest absolute Gasteiger partial charge is 0.239 e. The molecule has 5 heteroatoms. The van der Waals surface area contributed by atoms with Crippen molar-refractivity contribution in [2.24, 2.45) is 5.73 Å².